The zero-order valence-electron chi connectivity index (χ0n) is 14.3. The fourth-order valence-electron chi connectivity index (χ4n) is 2.83. The fourth-order valence-corrected chi connectivity index (χ4v) is 2.83. The number of aromatic nitrogens is 3. The number of para-hydroxylation sites is 1. The molecule has 3 rings (SSSR count). The van der Waals surface area contributed by atoms with Gasteiger partial charge in [-0.1, -0.05) is 24.3 Å². The first-order valence-corrected chi connectivity index (χ1v) is 7.98. The molecule has 0 saturated heterocycles. The Morgan fingerprint density at radius 2 is 1.81 bits per heavy atom. The van der Waals surface area contributed by atoms with Crippen molar-refractivity contribution in [2.24, 2.45) is 0 Å². The summed E-state index contributed by atoms with van der Waals surface area (Å²) in [6.07, 6.45) is 3.99. The van der Waals surface area contributed by atoms with Crippen LogP contribution in [0.25, 0.3) is 11.4 Å². The lowest BCUT2D eigenvalue weighted by atomic mass is 10.1. The summed E-state index contributed by atoms with van der Waals surface area (Å²) in [7, 11) is 1.20. The van der Waals surface area contributed by atoms with E-state index in [1.807, 2.05) is 0 Å². The molecule has 2 heterocycles. The first kappa shape index (κ1) is 17.4. The number of carbonyl (C=O) groups is 2. The molecule has 1 unspecified atom stereocenters. The van der Waals surface area contributed by atoms with E-state index in [9.17, 15) is 19.2 Å². The van der Waals surface area contributed by atoms with E-state index >= 15 is 0 Å². The van der Waals surface area contributed by atoms with Gasteiger partial charge in [0.2, 0.25) is 5.78 Å². The molecule has 0 radical (unpaired) electrons. The Labute approximate surface area is 148 Å². The van der Waals surface area contributed by atoms with E-state index in [1.165, 1.54) is 11.8 Å². The molecule has 0 saturated carbocycles. The van der Waals surface area contributed by atoms with E-state index in [0.717, 1.165) is 21.4 Å². The lowest BCUT2D eigenvalue weighted by Crippen LogP contribution is -2.33. The molecule has 1 aliphatic rings. The minimum atomic E-state index is -0.685. The SMILES string of the molecule is COC(=O)C=CC(=O)C1=CCC(C)n2c(=O)n(-c3ccccc3)c(=O)n21. The Bertz CT molecular complexity index is 1040. The van der Waals surface area contributed by atoms with Gasteiger partial charge in [0.05, 0.1) is 18.8 Å². The van der Waals surface area contributed by atoms with Gasteiger partial charge in [0.1, 0.15) is 5.70 Å². The van der Waals surface area contributed by atoms with Gasteiger partial charge >= 0.3 is 17.3 Å². The van der Waals surface area contributed by atoms with Crippen LogP contribution in [0.3, 0.4) is 0 Å². The summed E-state index contributed by atoms with van der Waals surface area (Å²) in [4.78, 5) is 49.3. The van der Waals surface area contributed by atoms with Crippen molar-refractivity contribution in [3.05, 3.63) is 69.5 Å². The molecule has 0 bridgehead atoms. The highest BCUT2D eigenvalue weighted by Gasteiger charge is 2.28. The number of fused-ring (bicyclic) bond motifs is 1. The van der Waals surface area contributed by atoms with Crippen LogP contribution < -0.4 is 11.4 Å². The van der Waals surface area contributed by atoms with Gasteiger partial charge in [-0.15, -0.1) is 0 Å². The first-order chi connectivity index (χ1) is 12.5. The number of methoxy groups -OCH3 is 1. The minimum absolute atomic E-state index is 0.0278. The summed E-state index contributed by atoms with van der Waals surface area (Å²) in [5, 5.41) is 0. The van der Waals surface area contributed by atoms with Crippen molar-refractivity contribution >= 4 is 17.4 Å². The topological polar surface area (TPSA) is 92.3 Å². The maximum atomic E-state index is 12.9. The number of carbonyl (C=O) groups excluding carboxylic acids is 2. The van der Waals surface area contributed by atoms with E-state index in [4.69, 9.17) is 0 Å². The highest BCUT2D eigenvalue weighted by Crippen LogP contribution is 2.20. The zero-order chi connectivity index (χ0) is 18.8. The summed E-state index contributed by atoms with van der Waals surface area (Å²) < 4.78 is 7.80. The van der Waals surface area contributed by atoms with Crippen molar-refractivity contribution < 1.29 is 14.3 Å². The van der Waals surface area contributed by atoms with Crippen molar-refractivity contribution in [2.75, 3.05) is 7.11 Å². The summed E-state index contributed by atoms with van der Waals surface area (Å²) >= 11 is 0. The molecular formula is C18H17N3O5. The summed E-state index contributed by atoms with van der Waals surface area (Å²) in [5.74, 6) is -1.25. The van der Waals surface area contributed by atoms with E-state index < -0.39 is 23.1 Å². The average molecular weight is 355 g/mol. The van der Waals surface area contributed by atoms with E-state index in [2.05, 4.69) is 4.74 Å². The number of rotatable bonds is 4. The Balaban J connectivity index is 2.15. The molecule has 1 aromatic heterocycles. The number of nitrogens with zero attached hydrogens (tertiary/aromatic N) is 3. The lowest BCUT2D eigenvalue weighted by molar-refractivity contribution is -0.135. The molecule has 2 aromatic rings. The smallest absolute Gasteiger partial charge is 0.356 e. The van der Waals surface area contributed by atoms with Gasteiger partial charge in [0, 0.05) is 6.08 Å². The van der Waals surface area contributed by atoms with Gasteiger partial charge in [-0.3, -0.25) is 4.79 Å². The van der Waals surface area contributed by atoms with Crippen molar-refractivity contribution in [3.8, 4) is 5.69 Å². The number of benzene rings is 1. The quantitative estimate of drug-likeness (QED) is 0.600. The molecule has 0 N–H and O–H groups in total. The second-order valence-electron chi connectivity index (χ2n) is 5.79. The number of hydrogen-bond donors (Lipinski definition) is 0. The molecule has 0 fully saturated rings. The molecule has 8 heteroatoms. The van der Waals surface area contributed by atoms with E-state index in [0.29, 0.717) is 12.1 Å². The third-order valence-electron chi connectivity index (χ3n) is 4.11. The van der Waals surface area contributed by atoms with Crippen LogP contribution in [0.15, 0.2) is 58.1 Å². The third-order valence-corrected chi connectivity index (χ3v) is 4.11. The second-order valence-corrected chi connectivity index (χ2v) is 5.79. The summed E-state index contributed by atoms with van der Waals surface area (Å²) in [6, 6.07) is 8.20. The number of ketones is 1. The molecule has 8 nitrogen and oxygen atoms in total. The number of ether oxygens (including phenoxy) is 1. The second kappa shape index (κ2) is 6.83. The summed E-state index contributed by atoms with van der Waals surface area (Å²) in [6.45, 7) is 1.79. The van der Waals surface area contributed by atoms with E-state index in [-0.39, 0.29) is 11.7 Å². The molecule has 0 spiro atoms. The molecule has 26 heavy (non-hydrogen) atoms. The van der Waals surface area contributed by atoms with Crippen LogP contribution in [0.2, 0.25) is 0 Å². The van der Waals surface area contributed by atoms with Crippen LogP contribution in [-0.4, -0.2) is 32.8 Å². The number of allylic oxidation sites excluding steroid dienone is 3. The van der Waals surface area contributed by atoms with Crippen molar-refractivity contribution in [3.63, 3.8) is 0 Å². The number of hydrogen-bond acceptors (Lipinski definition) is 5. The van der Waals surface area contributed by atoms with Crippen LogP contribution >= 0.6 is 0 Å². The Kier molecular flexibility index (Phi) is 4.57. The van der Waals surface area contributed by atoms with Gasteiger partial charge in [-0.05, 0) is 31.6 Å². The van der Waals surface area contributed by atoms with Crippen LogP contribution in [-0.2, 0) is 14.3 Å². The highest BCUT2D eigenvalue weighted by molar-refractivity contribution is 6.22. The fraction of sp³-hybridized carbons (Fsp3) is 0.222. The van der Waals surface area contributed by atoms with Crippen LogP contribution in [0, 0.1) is 0 Å². The summed E-state index contributed by atoms with van der Waals surface area (Å²) in [5.41, 5.74) is -0.719. The Morgan fingerprint density at radius 3 is 2.46 bits per heavy atom. The zero-order valence-corrected chi connectivity index (χ0v) is 14.3. The van der Waals surface area contributed by atoms with Crippen LogP contribution in [0.5, 0.6) is 0 Å². The highest BCUT2D eigenvalue weighted by atomic mass is 16.5. The standard InChI is InChI=1S/C18H17N3O5/c1-12-8-9-14(15(22)10-11-16(23)26-2)21-18(25)19(17(24)20(12)21)13-6-4-3-5-7-13/h3-7,9-12H,8H2,1-2H3. The molecule has 0 aliphatic carbocycles. The average Bonchev–Trinajstić information content (AvgIpc) is 2.92. The maximum Gasteiger partial charge on any atom is 0.356 e. The van der Waals surface area contributed by atoms with Crippen LogP contribution in [0.1, 0.15) is 19.4 Å². The normalized spacial score (nSPS) is 16.2. The van der Waals surface area contributed by atoms with Gasteiger partial charge in [-0.25, -0.2) is 23.6 Å². The molecule has 134 valence electrons. The van der Waals surface area contributed by atoms with Gasteiger partial charge in [-0.2, -0.15) is 4.68 Å². The molecular weight excluding hydrogens is 338 g/mol. The molecule has 0 amide bonds. The Hall–Kier alpha value is -3.42. The van der Waals surface area contributed by atoms with Crippen LogP contribution in [0.4, 0.5) is 0 Å². The third kappa shape index (κ3) is 2.85. The maximum absolute atomic E-state index is 12.9. The minimum Gasteiger partial charge on any atom is -0.466 e. The van der Waals surface area contributed by atoms with Crippen molar-refractivity contribution in [1.82, 2.24) is 13.9 Å². The monoisotopic (exact) mass is 355 g/mol. The molecule has 1 aromatic carbocycles. The Morgan fingerprint density at radius 1 is 1.12 bits per heavy atom. The molecule has 1 aliphatic heterocycles. The van der Waals surface area contributed by atoms with Gasteiger partial charge in [0.25, 0.3) is 0 Å². The van der Waals surface area contributed by atoms with Crippen molar-refractivity contribution in [1.29, 1.82) is 0 Å². The predicted octanol–water partition coefficient (Wildman–Crippen LogP) is 0.905. The van der Waals surface area contributed by atoms with E-state index in [1.54, 1.807) is 43.3 Å². The van der Waals surface area contributed by atoms with Crippen molar-refractivity contribution in [2.45, 2.75) is 19.4 Å². The predicted molar refractivity (Wildman–Crippen MR) is 94.1 cm³/mol. The number of esters is 1. The molecule has 1 atom stereocenters. The largest absolute Gasteiger partial charge is 0.466 e. The lowest BCUT2D eigenvalue weighted by Gasteiger charge is -2.21. The first-order valence-electron chi connectivity index (χ1n) is 7.98. The van der Waals surface area contributed by atoms with Gasteiger partial charge < -0.3 is 4.74 Å². The van der Waals surface area contributed by atoms with Gasteiger partial charge in [0.15, 0.2) is 0 Å².